The first kappa shape index (κ1) is 14.6. The smallest absolute Gasteiger partial charge is 0.0832 e. The standard InChI is InChI=1S/C14H21IN4/c1-5-12-14(15)13(6-2)19(17-12)9-11-8-10(4)16-18(11)7-3/h8H,5-7,9H2,1-4H3. The van der Waals surface area contributed by atoms with E-state index in [0.717, 1.165) is 31.6 Å². The van der Waals surface area contributed by atoms with Gasteiger partial charge in [-0.2, -0.15) is 10.2 Å². The molecule has 0 amide bonds. The molecule has 0 saturated heterocycles. The molecular formula is C14H21IN4. The molecule has 104 valence electrons. The first-order chi connectivity index (χ1) is 9.10. The van der Waals surface area contributed by atoms with Crippen molar-refractivity contribution in [1.29, 1.82) is 0 Å². The Kier molecular flexibility index (Phi) is 4.65. The van der Waals surface area contributed by atoms with E-state index in [-0.39, 0.29) is 0 Å². The Balaban J connectivity index is 2.37. The lowest BCUT2D eigenvalue weighted by Gasteiger charge is -2.08. The Bertz CT molecular complexity index is 568. The van der Waals surface area contributed by atoms with Crippen molar-refractivity contribution in [2.75, 3.05) is 0 Å². The Morgan fingerprint density at radius 2 is 1.84 bits per heavy atom. The molecule has 0 aromatic carbocycles. The van der Waals surface area contributed by atoms with Crippen LogP contribution in [0.3, 0.4) is 0 Å². The van der Waals surface area contributed by atoms with Gasteiger partial charge in [-0.25, -0.2) is 0 Å². The quantitative estimate of drug-likeness (QED) is 0.756. The number of nitrogens with zero attached hydrogens (tertiary/aromatic N) is 4. The van der Waals surface area contributed by atoms with Crippen molar-refractivity contribution in [3.63, 3.8) is 0 Å². The third-order valence-corrected chi connectivity index (χ3v) is 4.57. The van der Waals surface area contributed by atoms with Crippen molar-refractivity contribution in [2.24, 2.45) is 0 Å². The minimum absolute atomic E-state index is 0.813. The fraction of sp³-hybridized carbons (Fsp3) is 0.571. The van der Waals surface area contributed by atoms with E-state index in [2.05, 4.69) is 63.9 Å². The van der Waals surface area contributed by atoms with Crippen LogP contribution in [0.2, 0.25) is 0 Å². The van der Waals surface area contributed by atoms with Gasteiger partial charge in [0.25, 0.3) is 0 Å². The first-order valence-electron chi connectivity index (χ1n) is 6.88. The molecular weight excluding hydrogens is 351 g/mol. The van der Waals surface area contributed by atoms with Crippen molar-refractivity contribution < 1.29 is 0 Å². The molecule has 2 rings (SSSR count). The number of halogens is 1. The molecule has 2 heterocycles. The predicted octanol–water partition coefficient (Wildman–Crippen LogP) is 3.19. The monoisotopic (exact) mass is 372 g/mol. The van der Waals surface area contributed by atoms with Gasteiger partial charge in [0.2, 0.25) is 0 Å². The zero-order valence-electron chi connectivity index (χ0n) is 12.1. The summed E-state index contributed by atoms with van der Waals surface area (Å²) < 4.78 is 5.53. The van der Waals surface area contributed by atoms with Gasteiger partial charge in [-0.1, -0.05) is 13.8 Å². The topological polar surface area (TPSA) is 35.6 Å². The molecule has 0 atom stereocenters. The Hall–Kier alpha value is -0.850. The highest BCUT2D eigenvalue weighted by atomic mass is 127. The van der Waals surface area contributed by atoms with Crippen LogP contribution < -0.4 is 0 Å². The minimum Gasteiger partial charge on any atom is -0.268 e. The number of aromatic nitrogens is 4. The van der Waals surface area contributed by atoms with Gasteiger partial charge in [-0.15, -0.1) is 0 Å². The van der Waals surface area contributed by atoms with Gasteiger partial charge in [-0.3, -0.25) is 9.36 Å². The lowest BCUT2D eigenvalue weighted by Crippen LogP contribution is -2.11. The average molecular weight is 372 g/mol. The van der Waals surface area contributed by atoms with Crippen LogP contribution in [-0.2, 0) is 25.9 Å². The van der Waals surface area contributed by atoms with Gasteiger partial charge >= 0.3 is 0 Å². The zero-order valence-corrected chi connectivity index (χ0v) is 14.2. The summed E-state index contributed by atoms with van der Waals surface area (Å²) in [6.07, 6.45) is 2.01. The Morgan fingerprint density at radius 3 is 2.42 bits per heavy atom. The summed E-state index contributed by atoms with van der Waals surface area (Å²) in [4.78, 5) is 0. The second kappa shape index (κ2) is 6.07. The first-order valence-corrected chi connectivity index (χ1v) is 7.95. The van der Waals surface area contributed by atoms with Crippen molar-refractivity contribution in [3.8, 4) is 0 Å². The Labute approximate surface area is 128 Å². The van der Waals surface area contributed by atoms with Gasteiger partial charge in [-0.05, 0) is 55.3 Å². The van der Waals surface area contributed by atoms with Crippen molar-refractivity contribution in [1.82, 2.24) is 19.6 Å². The molecule has 2 aromatic heterocycles. The molecule has 0 radical (unpaired) electrons. The summed E-state index contributed by atoms with van der Waals surface area (Å²) in [5.41, 5.74) is 4.85. The molecule has 0 aliphatic carbocycles. The predicted molar refractivity (Wildman–Crippen MR) is 85.4 cm³/mol. The molecule has 0 aliphatic rings. The summed E-state index contributed by atoms with van der Waals surface area (Å²) in [6, 6.07) is 2.16. The SMILES string of the molecule is CCc1nn(Cc2cc(C)nn2CC)c(CC)c1I. The van der Waals surface area contributed by atoms with Crippen LogP contribution in [0.5, 0.6) is 0 Å². The molecule has 19 heavy (non-hydrogen) atoms. The molecule has 0 bridgehead atoms. The van der Waals surface area contributed by atoms with Gasteiger partial charge in [0, 0.05) is 6.54 Å². The van der Waals surface area contributed by atoms with Crippen molar-refractivity contribution in [3.05, 3.63) is 32.4 Å². The lowest BCUT2D eigenvalue weighted by atomic mass is 10.2. The van der Waals surface area contributed by atoms with E-state index >= 15 is 0 Å². The maximum atomic E-state index is 4.75. The molecule has 5 heteroatoms. The summed E-state index contributed by atoms with van der Waals surface area (Å²) in [7, 11) is 0. The van der Waals surface area contributed by atoms with Gasteiger partial charge in [0.1, 0.15) is 0 Å². The molecule has 2 aromatic rings. The maximum absolute atomic E-state index is 4.75. The number of hydrogen-bond donors (Lipinski definition) is 0. The van der Waals surface area contributed by atoms with Crippen molar-refractivity contribution >= 4 is 22.6 Å². The van der Waals surface area contributed by atoms with E-state index in [0.29, 0.717) is 0 Å². The summed E-state index contributed by atoms with van der Waals surface area (Å²) in [5.74, 6) is 0. The molecule has 0 spiro atoms. The zero-order chi connectivity index (χ0) is 14.0. The fourth-order valence-electron chi connectivity index (χ4n) is 2.38. The van der Waals surface area contributed by atoms with Crippen LogP contribution >= 0.6 is 22.6 Å². The summed E-state index contributed by atoms with van der Waals surface area (Å²) in [6.45, 7) is 10.2. The van der Waals surface area contributed by atoms with Crippen LogP contribution in [0.25, 0.3) is 0 Å². The van der Waals surface area contributed by atoms with E-state index in [4.69, 9.17) is 5.10 Å². The average Bonchev–Trinajstić information content (AvgIpc) is 2.90. The highest BCUT2D eigenvalue weighted by Crippen LogP contribution is 2.19. The number of aryl methyl sites for hydroxylation is 3. The second-order valence-electron chi connectivity index (χ2n) is 4.66. The number of rotatable bonds is 5. The van der Waals surface area contributed by atoms with Crippen LogP contribution in [0.1, 0.15) is 43.5 Å². The molecule has 0 saturated carbocycles. The molecule has 4 nitrogen and oxygen atoms in total. The van der Waals surface area contributed by atoms with E-state index in [1.807, 2.05) is 6.92 Å². The summed E-state index contributed by atoms with van der Waals surface area (Å²) >= 11 is 2.42. The highest BCUT2D eigenvalue weighted by Gasteiger charge is 2.14. The van der Waals surface area contributed by atoms with E-state index in [9.17, 15) is 0 Å². The van der Waals surface area contributed by atoms with Crippen molar-refractivity contribution in [2.45, 2.75) is 53.6 Å². The number of hydrogen-bond acceptors (Lipinski definition) is 2. The Morgan fingerprint density at radius 1 is 1.11 bits per heavy atom. The van der Waals surface area contributed by atoms with E-state index in [1.165, 1.54) is 20.7 Å². The minimum atomic E-state index is 0.813. The lowest BCUT2D eigenvalue weighted by molar-refractivity contribution is 0.561. The van der Waals surface area contributed by atoms with E-state index in [1.54, 1.807) is 0 Å². The second-order valence-corrected chi connectivity index (χ2v) is 5.74. The maximum Gasteiger partial charge on any atom is 0.0832 e. The molecule has 0 unspecified atom stereocenters. The third kappa shape index (κ3) is 2.85. The van der Waals surface area contributed by atoms with Crippen LogP contribution in [0, 0.1) is 10.5 Å². The van der Waals surface area contributed by atoms with E-state index < -0.39 is 0 Å². The fourth-order valence-corrected chi connectivity index (χ4v) is 3.53. The summed E-state index contributed by atoms with van der Waals surface area (Å²) in [5, 5.41) is 9.25. The van der Waals surface area contributed by atoms with Crippen LogP contribution in [0.15, 0.2) is 6.07 Å². The van der Waals surface area contributed by atoms with Gasteiger partial charge in [0.05, 0.1) is 32.9 Å². The normalized spacial score (nSPS) is 11.2. The van der Waals surface area contributed by atoms with Crippen LogP contribution in [0.4, 0.5) is 0 Å². The molecule has 0 fully saturated rings. The molecule has 0 aliphatic heterocycles. The highest BCUT2D eigenvalue weighted by molar-refractivity contribution is 14.1. The van der Waals surface area contributed by atoms with Gasteiger partial charge in [0.15, 0.2) is 0 Å². The molecule has 0 N–H and O–H groups in total. The third-order valence-electron chi connectivity index (χ3n) is 3.33. The van der Waals surface area contributed by atoms with Crippen LogP contribution in [-0.4, -0.2) is 19.6 Å². The van der Waals surface area contributed by atoms with Gasteiger partial charge < -0.3 is 0 Å². The largest absolute Gasteiger partial charge is 0.268 e.